The van der Waals surface area contributed by atoms with E-state index < -0.39 is 10.1 Å². The number of rotatable bonds is 9. The van der Waals surface area contributed by atoms with E-state index in [1.807, 2.05) is 0 Å². The topological polar surface area (TPSA) is 57.2 Å². The first-order chi connectivity index (χ1) is 9.05. The molecule has 1 aromatic carbocycles. The van der Waals surface area contributed by atoms with Crippen LogP contribution in [0.2, 0.25) is 0 Å². The summed E-state index contributed by atoms with van der Waals surface area (Å²) in [6, 6.07) is 6.35. The molecule has 0 bridgehead atoms. The average molecular weight is 310 g/mol. The number of hydrogen-bond acceptors (Lipinski definition) is 3. The molecule has 0 saturated carbocycles. The minimum atomic E-state index is -4.38. The van der Waals surface area contributed by atoms with Gasteiger partial charge in [-0.3, -0.25) is 4.39 Å². The maximum Gasteiger partial charge on any atom is 1.00 e. The molecular weight excluding hydrogens is 290 g/mol. The molecule has 0 atom stereocenters. The van der Waals surface area contributed by atoms with Gasteiger partial charge in [0.2, 0.25) is 0 Å². The average Bonchev–Trinajstić information content (AvgIpc) is 2.37. The van der Waals surface area contributed by atoms with Crippen molar-refractivity contribution in [2.24, 2.45) is 0 Å². The molecule has 6 heteroatoms. The summed E-state index contributed by atoms with van der Waals surface area (Å²) in [5, 5.41) is 0. The van der Waals surface area contributed by atoms with Crippen molar-refractivity contribution in [2.45, 2.75) is 49.8 Å². The van der Waals surface area contributed by atoms with Gasteiger partial charge in [0, 0.05) is 0 Å². The maximum atomic E-state index is 11.9. The Labute approximate surface area is 143 Å². The summed E-state index contributed by atoms with van der Waals surface area (Å²) in [7, 11) is -4.38. The Morgan fingerprint density at radius 2 is 1.50 bits per heavy atom. The number of unbranched alkanes of at least 4 members (excludes halogenated alkanes) is 5. The van der Waals surface area contributed by atoms with Gasteiger partial charge in [0.05, 0.1) is 11.6 Å². The zero-order valence-corrected chi connectivity index (χ0v) is 14.8. The molecule has 0 spiro atoms. The van der Waals surface area contributed by atoms with Gasteiger partial charge in [-0.2, -0.15) is 0 Å². The SMILES string of the molecule is O=S(=O)([O-])c1ccccc1CCCCCCCCF.[Na+]. The van der Waals surface area contributed by atoms with Crippen molar-refractivity contribution in [1.29, 1.82) is 0 Å². The molecule has 0 aliphatic carbocycles. The summed E-state index contributed by atoms with van der Waals surface area (Å²) in [4.78, 5) is -0.104. The smallest absolute Gasteiger partial charge is 0.744 e. The van der Waals surface area contributed by atoms with Gasteiger partial charge in [-0.25, -0.2) is 8.42 Å². The zero-order chi connectivity index (χ0) is 14.1. The summed E-state index contributed by atoms with van der Waals surface area (Å²) in [6.07, 6.45) is 5.97. The van der Waals surface area contributed by atoms with Gasteiger partial charge in [-0.05, 0) is 30.9 Å². The molecule has 0 fully saturated rings. The van der Waals surface area contributed by atoms with Crippen LogP contribution in [0, 0.1) is 0 Å². The second-order valence-electron chi connectivity index (χ2n) is 4.62. The molecule has 0 aliphatic rings. The van der Waals surface area contributed by atoms with E-state index in [1.165, 1.54) is 6.07 Å². The second kappa shape index (κ2) is 10.7. The fourth-order valence-corrected chi connectivity index (χ4v) is 2.81. The third kappa shape index (κ3) is 7.74. The molecule has 0 aromatic heterocycles. The van der Waals surface area contributed by atoms with E-state index in [9.17, 15) is 17.4 Å². The van der Waals surface area contributed by atoms with E-state index in [4.69, 9.17) is 0 Å². The summed E-state index contributed by atoms with van der Waals surface area (Å²) in [5.41, 5.74) is 0.598. The van der Waals surface area contributed by atoms with Crippen LogP contribution in [0.4, 0.5) is 4.39 Å². The van der Waals surface area contributed by atoms with Crippen molar-refractivity contribution in [3.8, 4) is 0 Å². The van der Waals surface area contributed by atoms with Gasteiger partial charge < -0.3 is 4.55 Å². The van der Waals surface area contributed by atoms with E-state index in [0.717, 1.165) is 32.1 Å². The predicted molar refractivity (Wildman–Crippen MR) is 71.8 cm³/mol. The van der Waals surface area contributed by atoms with Crippen molar-refractivity contribution in [3.63, 3.8) is 0 Å². The molecular formula is C14H20FNaO3S. The van der Waals surface area contributed by atoms with Crippen LogP contribution in [0.15, 0.2) is 29.2 Å². The Hall–Kier alpha value is 0.0600. The van der Waals surface area contributed by atoms with Gasteiger partial charge in [0.25, 0.3) is 0 Å². The van der Waals surface area contributed by atoms with Crippen LogP contribution in [-0.2, 0) is 16.5 Å². The van der Waals surface area contributed by atoms with Gasteiger partial charge in [-0.1, -0.05) is 43.9 Å². The zero-order valence-electron chi connectivity index (χ0n) is 12.0. The van der Waals surface area contributed by atoms with Crippen LogP contribution in [0.3, 0.4) is 0 Å². The molecule has 3 nitrogen and oxygen atoms in total. The molecule has 0 saturated heterocycles. The third-order valence-electron chi connectivity index (χ3n) is 3.07. The first kappa shape index (κ1) is 20.1. The van der Waals surface area contributed by atoms with Crippen LogP contribution in [0.1, 0.15) is 44.1 Å². The molecule has 108 valence electrons. The Morgan fingerprint density at radius 1 is 0.950 bits per heavy atom. The Kier molecular flexibility index (Phi) is 10.8. The number of alkyl halides is 1. The Bertz CT molecular complexity index is 477. The van der Waals surface area contributed by atoms with Gasteiger partial charge >= 0.3 is 29.6 Å². The minimum Gasteiger partial charge on any atom is -0.744 e. The van der Waals surface area contributed by atoms with Crippen molar-refractivity contribution >= 4 is 10.1 Å². The fraction of sp³-hybridized carbons (Fsp3) is 0.571. The maximum absolute atomic E-state index is 11.9. The van der Waals surface area contributed by atoms with E-state index in [2.05, 4.69) is 0 Å². The predicted octanol–water partition coefficient (Wildman–Crippen LogP) is 0.447. The minimum absolute atomic E-state index is 0. The van der Waals surface area contributed by atoms with Crippen molar-refractivity contribution in [2.75, 3.05) is 6.67 Å². The van der Waals surface area contributed by atoms with E-state index >= 15 is 0 Å². The van der Waals surface area contributed by atoms with E-state index in [-0.39, 0.29) is 41.1 Å². The molecule has 0 amide bonds. The van der Waals surface area contributed by atoms with Gasteiger partial charge in [-0.15, -0.1) is 0 Å². The van der Waals surface area contributed by atoms with E-state index in [1.54, 1.807) is 18.2 Å². The largest absolute Gasteiger partial charge is 1.00 e. The molecule has 0 radical (unpaired) electrons. The van der Waals surface area contributed by atoms with Crippen molar-refractivity contribution in [1.82, 2.24) is 0 Å². The van der Waals surface area contributed by atoms with Crippen LogP contribution in [0.25, 0.3) is 0 Å². The van der Waals surface area contributed by atoms with Gasteiger partial charge in [0.15, 0.2) is 0 Å². The first-order valence-corrected chi connectivity index (χ1v) is 8.06. The number of benzene rings is 1. The van der Waals surface area contributed by atoms with E-state index in [0.29, 0.717) is 18.4 Å². The quantitative estimate of drug-likeness (QED) is 0.378. The molecule has 1 rings (SSSR count). The summed E-state index contributed by atoms with van der Waals surface area (Å²) in [6.45, 7) is -0.255. The third-order valence-corrected chi connectivity index (χ3v) is 4.01. The number of hydrogen-bond donors (Lipinski definition) is 0. The van der Waals surface area contributed by atoms with Crippen molar-refractivity contribution in [3.05, 3.63) is 29.8 Å². The van der Waals surface area contributed by atoms with Crippen LogP contribution in [-0.4, -0.2) is 19.6 Å². The first-order valence-electron chi connectivity index (χ1n) is 6.65. The fourth-order valence-electron chi connectivity index (χ4n) is 2.07. The molecule has 0 aliphatic heterocycles. The standard InChI is InChI=1S/C14H21FO3S.Na/c15-12-8-4-2-1-3-5-9-13-10-6-7-11-14(13)19(16,17)18;/h6-7,10-11H,1-5,8-9,12H2,(H,16,17,18);/q;+1/p-1. The summed E-state index contributed by atoms with van der Waals surface area (Å²) in [5.74, 6) is 0. The number of aryl methyl sites for hydroxylation is 1. The van der Waals surface area contributed by atoms with Crippen molar-refractivity contribution < 1.29 is 46.9 Å². The molecule has 1 aromatic rings. The Balaban J connectivity index is 0.00000361. The molecule has 20 heavy (non-hydrogen) atoms. The van der Waals surface area contributed by atoms with Crippen LogP contribution < -0.4 is 29.6 Å². The normalized spacial score (nSPS) is 11.1. The summed E-state index contributed by atoms with van der Waals surface area (Å²) < 4.78 is 45.1. The Morgan fingerprint density at radius 3 is 2.10 bits per heavy atom. The molecule has 0 N–H and O–H groups in total. The van der Waals surface area contributed by atoms with Crippen LogP contribution >= 0.6 is 0 Å². The van der Waals surface area contributed by atoms with Gasteiger partial charge in [0.1, 0.15) is 10.1 Å². The molecule has 0 heterocycles. The summed E-state index contributed by atoms with van der Waals surface area (Å²) >= 11 is 0. The van der Waals surface area contributed by atoms with Crippen LogP contribution in [0.5, 0.6) is 0 Å². The molecule has 0 unspecified atom stereocenters. The number of halogens is 1. The second-order valence-corrected chi connectivity index (χ2v) is 5.97. The monoisotopic (exact) mass is 310 g/mol.